The van der Waals surface area contributed by atoms with E-state index in [1.165, 1.54) is 58.0 Å². The minimum atomic E-state index is 0.380. The van der Waals surface area contributed by atoms with Crippen LogP contribution in [0.4, 0.5) is 0 Å². The first-order chi connectivity index (χ1) is 9.75. The molecular formula is C18H34N2. The van der Waals surface area contributed by atoms with E-state index in [1.54, 1.807) is 0 Å². The molecule has 1 heterocycles. The summed E-state index contributed by atoms with van der Waals surface area (Å²) in [6, 6.07) is 0.729. The van der Waals surface area contributed by atoms with Crippen LogP contribution in [0, 0.1) is 5.92 Å². The zero-order valence-corrected chi connectivity index (χ0v) is 13.8. The largest absolute Gasteiger partial charge is 0.311 e. The number of nitrogens with one attached hydrogen (secondary N) is 1. The van der Waals surface area contributed by atoms with Crippen molar-refractivity contribution in [1.29, 1.82) is 0 Å². The molecule has 2 heteroatoms. The lowest BCUT2D eigenvalue weighted by atomic mass is 9.79. The second-order valence-corrected chi connectivity index (χ2v) is 6.79. The molecule has 20 heavy (non-hydrogen) atoms. The fourth-order valence-corrected chi connectivity index (χ4v) is 4.23. The van der Waals surface area contributed by atoms with Gasteiger partial charge in [0.2, 0.25) is 0 Å². The molecule has 1 atom stereocenters. The van der Waals surface area contributed by atoms with Crippen LogP contribution in [-0.4, -0.2) is 36.1 Å². The van der Waals surface area contributed by atoms with Gasteiger partial charge in [0.15, 0.2) is 0 Å². The van der Waals surface area contributed by atoms with E-state index in [2.05, 4.69) is 43.1 Å². The van der Waals surface area contributed by atoms with Gasteiger partial charge in [-0.2, -0.15) is 0 Å². The molecule has 1 N–H and O–H groups in total. The fraction of sp³-hybridized carbons (Fsp3) is 0.889. The highest BCUT2D eigenvalue weighted by Gasteiger charge is 2.40. The van der Waals surface area contributed by atoms with Crippen molar-refractivity contribution in [1.82, 2.24) is 10.2 Å². The van der Waals surface area contributed by atoms with Gasteiger partial charge in [-0.05, 0) is 38.5 Å². The molecule has 2 rings (SSSR count). The lowest BCUT2D eigenvalue weighted by Gasteiger charge is -2.51. The molecule has 1 aliphatic heterocycles. The number of hydrogen-bond acceptors (Lipinski definition) is 2. The maximum atomic E-state index is 3.92. The Morgan fingerprint density at radius 3 is 2.45 bits per heavy atom. The SMILES string of the molecule is C/C=C/CN1CC(C2CCCCC2)NCC1(CC)CC. The van der Waals surface area contributed by atoms with Gasteiger partial charge in [0.1, 0.15) is 0 Å². The molecule has 2 nitrogen and oxygen atoms in total. The Labute approximate surface area is 126 Å². The van der Waals surface area contributed by atoms with E-state index in [-0.39, 0.29) is 0 Å². The van der Waals surface area contributed by atoms with Crippen LogP contribution < -0.4 is 5.32 Å². The highest BCUT2D eigenvalue weighted by Crippen LogP contribution is 2.33. The third-order valence-corrected chi connectivity index (χ3v) is 5.88. The summed E-state index contributed by atoms with van der Waals surface area (Å²) >= 11 is 0. The molecule has 0 aromatic heterocycles. The summed E-state index contributed by atoms with van der Waals surface area (Å²) < 4.78 is 0. The second kappa shape index (κ2) is 7.61. The first-order valence-corrected chi connectivity index (χ1v) is 8.85. The fourth-order valence-electron chi connectivity index (χ4n) is 4.23. The first-order valence-electron chi connectivity index (χ1n) is 8.85. The van der Waals surface area contributed by atoms with Gasteiger partial charge in [0, 0.05) is 31.2 Å². The third-order valence-electron chi connectivity index (χ3n) is 5.88. The Hall–Kier alpha value is -0.340. The minimum absolute atomic E-state index is 0.380. The van der Waals surface area contributed by atoms with Crippen molar-refractivity contribution in [3.05, 3.63) is 12.2 Å². The van der Waals surface area contributed by atoms with Crippen molar-refractivity contribution >= 4 is 0 Å². The normalized spacial score (nSPS) is 29.1. The van der Waals surface area contributed by atoms with Gasteiger partial charge in [0.25, 0.3) is 0 Å². The summed E-state index contributed by atoms with van der Waals surface area (Å²) in [5.74, 6) is 0.920. The van der Waals surface area contributed by atoms with Crippen LogP contribution in [0.5, 0.6) is 0 Å². The Bertz CT molecular complexity index is 301. The molecule has 2 fully saturated rings. The van der Waals surface area contributed by atoms with Crippen molar-refractivity contribution in [3.63, 3.8) is 0 Å². The molecule has 2 aliphatic rings. The molecule has 1 saturated carbocycles. The van der Waals surface area contributed by atoms with Gasteiger partial charge in [0.05, 0.1) is 0 Å². The summed E-state index contributed by atoms with van der Waals surface area (Å²) in [5, 5.41) is 3.92. The van der Waals surface area contributed by atoms with Crippen LogP contribution in [0.3, 0.4) is 0 Å². The molecule has 1 saturated heterocycles. The molecule has 116 valence electrons. The molecule has 0 aromatic carbocycles. The predicted molar refractivity (Wildman–Crippen MR) is 88.1 cm³/mol. The summed E-state index contributed by atoms with van der Waals surface area (Å²) in [4.78, 5) is 2.77. The van der Waals surface area contributed by atoms with Gasteiger partial charge in [-0.3, -0.25) is 4.90 Å². The number of hydrogen-bond donors (Lipinski definition) is 1. The molecular weight excluding hydrogens is 244 g/mol. The number of nitrogens with zero attached hydrogens (tertiary/aromatic N) is 1. The molecule has 0 aromatic rings. The van der Waals surface area contributed by atoms with Crippen molar-refractivity contribution in [2.75, 3.05) is 19.6 Å². The summed E-state index contributed by atoms with van der Waals surface area (Å²) in [6.07, 6.45) is 14.3. The van der Waals surface area contributed by atoms with Crippen LogP contribution >= 0.6 is 0 Å². The molecule has 1 aliphatic carbocycles. The number of piperazine rings is 1. The molecule has 0 radical (unpaired) electrons. The predicted octanol–water partition coefficient (Wildman–Crippen LogP) is 3.98. The van der Waals surface area contributed by atoms with Gasteiger partial charge in [-0.25, -0.2) is 0 Å². The summed E-state index contributed by atoms with van der Waals surface area (Å²) in [6.45, 7) is 10.4. The van der Waals surface area contributed by atoms with Crippen LogP contribution in [-0.2, 0) is 0 Å². The van der Waals surface area contributed by atoms with E-state index in [4.69, 9.17) is 0 Å². The first kappa shape index (κ1) is 16.0. The Kier molecular flexibility index (Phi) is 6.10. The van der Waals surface area contributed by atoms with Crippen LogP contribution in [0.1, 0.15) is 65.7 Å². The second-order valence-electron chi connectivity index (χ2n) is 6.79. The Morgan fingerprint density at radius 2 is 1.85 bits per heavy atom. The number of allylic oxidation sites excluding steroid dienone is 1. The van der Waals surface area contributed by atoms with Crippen molar-refractivity contribution < 1.29 is 0 Å². The lowest BCUT2D eigenvalue weighted by Crippen LogP contribution is -2.65. The minimum Gasteiger partial charge on any atom is -0.311 e. The van der Waals surface area contributed by atoms with E-state index in [1.807, 2.05) is 0 Å². The quantitative estimate of drug-likeness (QED) is 0.765. The highest BCUT2D eigenvalue weighted by molar-refractivity contribution is 5.01. The van der Waals surface area contributed by atoms with Crippen molar-refractivity contribution in [3.8, 4) is 0 Å². The van der Waals surface area contributed by atoms with Crippen molar-refractivity contribution in [2.45, 2.75) is 77.3 Å². The molecule has 0 spiro atoms. The van der Waals surface area contributed by atoms with Crippen LogP contribution in [0.15, 0.2) is 12.2 Å². The van der Waals surface area contributed by atoms with E-state index in [0.29, 0.717) is 5.54 Å². The van der Waals surface area contributed by atoms with Crippen molar-refractivity contribution in [2.24, 2.45) is 5.92 Å². The average molecular weight is 278 g/mol. The van der Waals surface area contributed by atoms with Crippen LogP contribution in [0.2, 0.25) is 0 Å². The monoisotopic (exact) mass is 278 g/mol. The summed E-state index contributed by atoms with van der Waals surface area (Å²) in [7, 11) is 0. The molecule has 0 bridgehead atoms. The Balaban J connectivity index is 2.03. The van der Waals surface area contributed by atoms with E-state index in [0.717, 1.165) is 18.5 Å². The van der Waals surface area contributed by atoms with Gasteiger partial charge in [-0.1, -0.05) is 45.3 Å². The molecule has 0 amide bonds. The third kappa shape index (κ3) is 3.46. The van der Waals surface area contributed by atoms with Gasteiger partial charge >= 0.3 is 0 Å². The smallest absolute Gasteiger partial charge is 0.0332 e. The zero-order chi connectivity index (χ0) is 14.4. The van der Waals surface area contributed by atoms with Gasteiger partial charge in [-0.15, -0.1) is 0 Å². The van der Waals surface area contributed by atoms with E-state index in [9.17, 15) is 0 Å². The van der Waals surface area contributed by atoms with E-state index < -0.39 is 0 Å². The Morgan fingerprint density at radius 1 is 1.15 bits per heavy atom. The maximum Gasteiger partial charge on any atom is 0.0332 e. The zero-order valence-electron chi connectivity index (χ0n) is 13.8. The maximum absolute atomic E-state index is 3.92. The topological polar surface area (TPSA) is 15.3 Å². The lowest BCUT2D eigenvalue weighted by molar-refractivity contribution is 0.0239. The van der Waals surface area contributed by atoms with Gasteiger partial charge < -0.3 is 5.32 Å². The average Bonchev–Trinajstić information content (AvgIpc) is 2.53. The molecule has 1 unspecified atom stereocenters. The standard InChI is InChI=1S/C18H34N2/c1-4-7-13-20-14-17(16-11-9-8-10-12-16)19-15-18(20,5-2)6-3/h4,7,16-17,19H,5-6,8-15H2,1-3H3/b7-4+. The van der Waals surface area contributed by atoms with E-state index >= 15 is 0 Å². The number of rotatable bonds is 5. The van der Waals surface area contributed by atoms with Crippen LogP contribution in [0.25, 0.3) is 0 Å². The highest BCUT2D eigenvalue weighted by atomic mass is 15.3. The summed E-state index contributed by atoms with van der Waals surface area (Å²) in [5.41, 5.74) is 0.380.